The Morgan fingerprint density at radius 1 is 1.20 bits per heavy atom. The summed E-state index contributed by atoms with van der Waals surface area (Å²) in [6.07, 6.45) is 0. The maximum Gasteiger partial charge on any atom is 0.335 e. The summed E-state index contributed by atoms with van der Waals surface area (Å²) < 4.78 is 5.48. The first-order valence-electron chi connectivity index (χ1n) is 7.69. The number of benzene rings is 2. The van der Waals surface area contributed by atoms with Crippen molar-refractivity contribution in [3.63, 3.8) is 0 Å². The zero-order chi connectivity index (χ0) is 18.1. The number of rotatable bonds is 3. The minimum Gasteiger partial charge on any atom is -0.496 e. The van der Waals surface area contributed by atoms with Gasteiger partial charge >= 0.3 is 5.97 Å². The zero-order valence-corrected chi connectivity index (χ0v) is 14.1. The van der Waals surface area contributed by atoms with E-state index in [1.54, 1.807) is 37.4 Å². The van der Waals surface area contributed by atoms with E-state index in [1.165, 1.54) is 0 Å². The molecule has 5 heteroatoms. The van der Waals surface area contributed by atoms with E-state index in [1.807, 2.05) is 19.9 Å². The number of ether oxygens (including phenoxy) is 1. The molecule has 3 rings (SSSR count). The van der Waals surface area contributed by atoms with Crippen LogP contribution in [0.15, 0.2) is 36.4 Å². The molecule has 3 aromatic rings. The SMILES string of the molecule is COc1cc(C#N)ccc1-c1c(C)c(C)nc2ccc(C(=O)O)cc12. The number of pyridine rings is 1. The van der Waals surface area contributed by atoms with Gasteiger partial charge in [-0.05, 0) is 61.4 Å². The van der Waals surface area contributed by atoms with E-state index in [4.69, 9.17) is 10.00 Å². The second-order valence-electron chi connectivity index (χ2n) is 5.76. The second kappa shape index (κ2) is 6.25. The molecule has 0 radical (unpaired) electrons. The van der Waals surface area contributed by atoms with Crippen molar-refractivity contribution in [1.82, 2.24) is 4.98 Å². The van der Waals surface area contributed by atoms with Crippen molar-refractivity contribution < 1.29 is 14.6 Å². The van der Waals surface area contributed by atoms with E-state index in [9.17, 15) is 9.90 Å². The molecule has 0 saturated carbocycles. The number of aromatic carboxylic acids is 1. The molecule has 5 nitrogen and oxygen atoms in total. The van der Waals surface area contributed by atoms with Crippen molar-refractivity contribution in [1.29, 1.82) is 5.26 Å². The summed E-state index contributed by atoms with van der Waals surface area (Å²) in [4.78, 5) is 15.9. The average molecular weight is 332 g/mol. The van der Waals surface area contributed by atoms with Crippen molar-refractivity contribution in [2.75, 3.05) is 7.11 Å². The Labute approximate surface area is 145 Å². The van der Waals surface area contributed by atoms with E-state index in [-0.39, 0.29) is 5.56 Å². The highest BCUT2D eigenvalue weighted by Gasteiger charge is 2.17. The number of fused-ring (bicyclic) bond motifs is 1. The molecular weight excluding hydrogens is 316 g/mol. The Morgan fingerprint density at radius 3 is 2.60 bits per heavy atom. The number of nitrogens with zero attached hydrogens (tertiary/aromatic N) is 2. The van der Waals surface area contributed by atoms with Crippen LogP contribution in [-0.2, 0) is 0 Å². The van der Waals surface area contributed by atoms with Crippen molar-refractivity contribution in [2.45, 2.75) is 13.8 Å². The lowest BCUT2D eigenvalue weighted by molar-refractivity contribution is 0.0697. The number of carbonyl (C=O) groups is 1. The molecule has 2 aromatic carbocycles. The van der Waals surface area contributed by atoms with Gasteiger partial charge in [0.05, 0.1) is 29.8 Å². The lowest BCUT2D eigenvalue weighted by Gasteiger charge is -2.16. The number of nitriles is 1. The van der Waals surface area contributed by atoms with Crippen LogP contribution in [0.5, 0.6) is 5.75 Å². The fraction of sp³-hybridized carbons (Fsp3) is 0.150. The third kappa shape index (κ3) is 2.79. The van der Waals surface area contributed by atoms with Crippen molar-refractivity contribution in [3.8, 4) is 22.9 Å². The van der Waals surface area contributed by atoms with Crippen LogP contribution in [0.1, 0.15) is 27.2 Å². The van der Waals surface area contributed by atoms with Gasteiger partial charge in [-0.15, -0.1) is 0 Å². The Balaban J connectivity index is 2.42. The van der Waals surface area contributed by atoms with Crippen LogP contribution in [0.4, 0.5) is 0 Å². The molecule has 0 spiro atoms. The maximum atomic E-state index is 11.4. The maximum absolute atomic E-state index is 11.4. The van der Waals surface area contributed by atoms with Gasteiger partial charge in [-0.2, -0.15) is 5.26 Å². The quantitative estimate of drug-likeness (QED) is 0.781. The molecule has 0 unspecified atom stereocenters. The molecule has 124 valence electrons. The minimum atomic E-state index is -0.988. The van der Waals surface area contributed by atoms with E-state index in [0.717, 1.165) is 33.3 Å². The van der Waals surface area contributed by atoms with Crippen LogP contribution in [0, 0.1) is 25.2 Å². The monoisotopic (exact) mass is 332 g/mol. The number of aromatic nitrogens is 1. The fourth-order valence-electron chi connectivity index (χ4n) is 2.93. The summed E-state index contributed by atoms with van der Waals surface area (Å²) in [7, 11) is 1.55. The number of methoxy groups -OCH3 is 1. The first-order valence-corrected chi connectivity index (χ1v) is 7.69. The number of aryl methyl sites for hydroxylation is 1. The number of hydrogen-bond donors (Lipinski definition) is 1. The minimum absolute atomic E-state index is 0.200. The summed E-state index contributed by atoms with van der Waals surface area (Å²) in [5, 5.41) is 19.2. The zero-order valence-electron chi connectivity index (χ0n) is 14.1. The van der Waals surface area contributed by atoms with Gasteiger partial charge in [0, 0.05) is 16.6 Å². The van der Waals surface area contributed by atoms with Crippen molar-refractivity contribution in [2.24, 2.45) is 0 Å². The smallest absolute Gasteiger partial charge is 0.335 e. The van der Waals surface area contributed by atoms with Crippen molar-refractivity contribution >= 4 is 16.9 Å². The number of carboxylic acid groups (broad SMARTS) is 1. The van der Waals surface area contributed by atoms with Crippen LogP contribution < -0.4 is 4.74 Å². The Morgan fingerprint density at radius 2 is 1.96 bits per heavy atom. The Bertz CT molecular complexity index is 1050. The molecule has 0 aliphatic heterocycles. The van der Waals surface area contributed by atoms with Crippen LogP contribution >= 0.6 is 0 Å². The van der Waals surface area contributed by atoms with Crippen LogP contribution in [0.2, 0.25) is 0 Å². The molecule has 25 heavy (non-hydrogen) atoms. The molecule has 0 amide bonds. The normalized spacial score (nSPS) is 10.5. The first-order chi connectivity index (χ1) is 12.0. The summed E-state index contributed by atoms with van der Waals surface area (Å²) in [6, 6.07) is 12.2. The third-order valence-corrected chi connectivity index (χ3v) is 4.32. The lowest BCUT2D eigenvalue weighted by atomic mass is 9.93. The van der Waals surface area contributed by atoms with E-state index >= 15 is 0 Å². The van der Waals surface area contributed by atoms with Gasteiger partial charge in [0.1, 0.15) is 5.75 Å². The molecule has 0 aliphatic carbocycles. The van der Waals surface area contributed by atoms with Crippen molar-refractivity contribution in [3.05, 3.63) is 58.8 Å². The van der Waals surface area contributed by atoms with Gasteiger partial charge in [0.25, 0.3) is 0 Å². The lowest BCUT2D eigenvalue weighted by Crippen LogP contribution is -2.00. The topological polar surface area (TPSA) is 83.2 Å². The molecule has 1 heterocycles. The first kappa shape index (κ1) is 16.5. The number of carboxylic acids is 1. The molecule has 0 bridgehead atoms. The molecule has 1 aromatic heterocycles. The van der Waals surface area contributed by atoms with Gasteiger partial charge in [-0.25, -0.2) is 4.79 Å². The Hall–Kier alpha value is -3.39. The molecule has 0 atom stereocenters. The van der Waals surface area contributed by atoms with E-state index in [2.05, 4.69) is 11.1 Å². The Kier molecular flexibility index (Phi) is 4.12. The molecule has 0 fully saturated rings. The summed E-state index contributed by atoms with van der Waals surface area (Å²) in [5.74, 6) is -0.423. The molecule has 0 aliphatic rings. The fourth-order valence-corrected chi connectivity index (χ4v) is 2.93. The van der Waals surface area contributed by atoms with E-state index < -0.39 is 5.97 Å². The number of hydrogen-bond acceptors (Lipinski definition) is 4. The van der Waals surface area contributed by atoms with E-state index in [0.29, 0.717) is 11.3 Å². The highest BCUT2D eigenvalue weighted by molar-refractivity contribution is 6.02. The van der Waals surface area contributed by atoms with Gasteiger partial charge in [0.15, 0.2) is 0 Å². The second-order valence-corrected chi connectivity index (χ2v) is 5.76. The largest absolute Gasteiger partial charge is 0.496 e. The molecule has 1 N–H and O–H groups in total. The third-order valence-electron chi connectivity index (χ3n) is 4.32. The van der Waals surface area contributed by atoms with Gasteiger partial charge in [-0.1, -0.05) is 0 Å². The van der Waals surface area contributed by atoms with Crippen LogP contribution in [-0.4, -0.2) is 23.2 Å². The van der Waals surface area contributed by atoms with Gasteiger partial charge in [-0.3, -0.25) is 4.98 Å². The predicted octanol–water partition coefficient (Wildman–Crippen LogP) is 4.10. The molecule has 0 saturated heterocycles. The highest BCUT2D eigenvalue weighted by Crippen LogP contribution is 2.38. The average Bonchev–Trinajstić information content (AvgIpc) is 2.62. The summed E-state index contributed by atoms with van der Waals surface area (Å²) >= 11 is 0. The molecular formula is C20H16N2O3. The standard InChI is InChI=1S/C20H16N2O3/c1-11-12(2)22-17-7-5-14(20(23)24)9-16(17)19(11)15-6-4-13(10-21)8-18(15)25-3/h4-9H,1-3H3,(H,23,24). The van der Waals surface area contributed by atoms with Crippen LogP contribution in [0.25, 0.3) is 22.0 Å². The summed E-state index contributed by atoms with van der Waals surface area (Å²) in [5.41, 5.74) is 4.89. The predicted molar refractivity (Wildman–Crippen MR) is 94.9 cm³/mol. The van der Waals surface area contributed by atoms with Gasteiger partial charge < -0.3 is 9.84 Å². The highest BCUT2D eigenvalue weighted by atomic mass is 16.5. The van der Waals surface area contributed by atoms with Crippen LogP contribution in [0.3, 0.4) is 0 Å². The summed E-state index contributed by atoms with van der Waals surface area (Å²) in [6.45, 7) is 3.86. The van der Waals surface area contributed by atoms with Gasteiger partial charge in [0.2, 0.25) is 0 Å².